The highest BCUT2D eigenvalue weighted by Gasteiger charge is 2.25. The number of carbonyl (C=O) groups excluding carboxylic acids is 1. The van der Waals surface area contributed by atoms with E-state index in [9.17, 15) is 4.79 Å². The van der Waals surface area contributed by atoms with Crippen LogP contribution in [0.2, 0.25) is 4.34 Å². The number of hydrogen-bond acceptors (Lipinski definition) is 5. The van der Waals surface area contributed by atoms with Gasteiger partial charge < -0.3 is 10.2 Å². The van der Waals surface area contributed by atoms with Gasteiger partial charge in [0.15, 0.2) is 0 Å². The van der Waals surface area contributed by atoms with Crippen molar-refractivity contribution >= 4 is 40.2 Å². The summed E-state index contributed by atoms with van der Waals surface area (Å²) in [4.78, 5) is 20.6. The van der Waals surface area contributed by atoms with Crippen LogP contribution in [-0.4, -0.2) is 41.5 Å². The monoisotopic (exact) mass is 383 g/mol. The molecule has 0 spiro atoms. The second-order valence-corrected chi connectivity index (χ2v) is 8.57. The Balaban J connectivity index is 1.67. The van der Waals surface area contributed by atoms with E-state index in [-0.39, 0.29) is 5.91 Å². The summed E-state index contributed by atoms with van der Waals surface area (Å²) < 4.78 is 0.762. The molecule has 1 N–H and O–H groups in total. The molecular weight excluding hydrogens is 362 g/mol. The zero-order chi connectivity index (χ0) is 16.9. The summed E-state index contributed by atoms with van der Waals surface area (Å²) in [7, 11) is 0. The lowest BCUT2D eigenvalue weighted by Crippen LogP contribution is -2.47. The number of nitrogens with zero attached hydrogens (tertiary/aromatic N) is 2. The predicted molar refractivity (Wildman–Crippen MR) is 102 cm³/mol. The number of halogens is 1. The largest absolute Gasteiger partial charge is 0.339 e. The summed E-state index contributed by atoms with van der Waals surface area (Å²) in [5, 5.41) is 6.30. The molecule has 1 aliphatic heterocycles. The van der Waals surface area contributed by atoms with Crippen molar-refractivity contribution < 1.29 is 4.79 Å². The fourth-order valence-electron chi connectivity index (χ4n) is 3.06. The van der Waals surface area contributed by atoms with Crippen LogP contribution < -0.4 is 5.32 Å². The molecule has 2 aromatic rings. The standard InChI is InChI=1S/C17H22ClN3OS2/c1-2-9-21(13-5-7-19-8-6-13)16(22)10-12-11-23-17(20-12)14-3-4-15(18)24-14/h3-4,11,13,19H,2,5-10H2,1H3. The molecule has 4 nitrogen and oxygen atoms in total. The highest BCUT2D eigenvalue weighted by Crippen LogP contribution is 2.33. The van der Waals surface area contributed by atoms with Gasteiger partial charge in [-0.25, -0.2) is 4.98 Å². The minimum atomic E-state index is 0.199. The molecular formula is C17H22ClN3OS2. The van der Waals surface area contributed by atoms with E-state index >= 15 is 0 Å². The van der Waals surface area contributed by atoms with Gasteiger partial charge in [0.25, 0.3) is 0 Å². The maximum atomic E-state index is 12.8. The third-order valence-electron chi connectivity index (χ3n) is 4.20. The first-order valence-corrected chi connectivity index (χ1v) is 10.4. The van der Waals surface area contributed by atoms with Gasteiger partial charge in [-0.15, -0.1) is 22.7 Å². The Morgan fingerprint density at radius 1 is 1.42 bits per heavy atom. The van der Waals surface area contributed by atoms with Crippen molar-refractivity contribution in [2.75, 3.05) is 19.6 Å². The number of amides is 1. The van der Waals surface area contributed by atoms with Gasteiger partial charge in [-0.05, 0) is 44.5 Å². The van der Waals surface area contributed by atoms with Gasteiger partial charge in [0.2, 0.25) is 5.91 Å². The third-order valence-corrected chi connectivity index (χ3v) is 6.49. The van der Waals surface area contributed by atoms with Crippen molar-refractivity contribution in [3.8, 4) is 9.88 Å². The molecule has 130 valence electrons. The molecule has 0 bridgehead atoms. The third kappa shape index (κ3) is 4.36. The smallest absolute Gasteiger partial charge is 0.228 e. The number of thiophene rings is 1. The van der Waals surface area contributed by atoms with E-state index in [0.29, 0.717) is 12.5 Å². The molecule has 1 fully saturated rings. The van der Waals surface area contributed by atoms with E-state index in [1.54, 1.807) is 11.3 Å². The maximum absolute atomic E-state index is 12.8. The molecule has 0 aliphatic carbocycles. The summed E-state index contributed by atoms with van der Waals surface area (Å²) in [5.41, 5.74) is 0.861. The minimum absolute atomic E-state index is 0.199. The summed E-state index contributed by atoms with van der Waals surface area (Å²) in [5.74, 6) is 0.199. The Hall–Kier alpha value is -0.950. The van der Waals surface area contributed by atoms with Crippen molar-refractivity contribution in [2.24, 2.45) is 0 Å². The lowest BCUT2D eigenvalue weighted by molar-refractivity contribution is -0.133. The van der Waals surface area contributed by atoms with Crippen molar-refractivity contribution in [1.82, 2.24) is 15.2 Å². The molecule has 24 heavy (non-hydrogen) atoms. The lowest BCUT2D eigenvalue weighted by atomic mass is 10.0. The molecule has 0 atom stereocenters. The van der Waals surface area contributed by atoms with E-state index in [1.165, 1.54) is 11.3 Å². The quantitative estimate of drug-likeness (QED) is 0.818. The fourth-order valence-corrected chi connectivity index (χ4v) is 4.99. The van der Waals surface area contributed by atoms with Crippen LogP contribution in [0.3, 0.4) is 0 Å². The fraction of sp³-hybridized carbons (Fsp3) is 0.529. The van der Waals surface area contributed by atoms with Gasteiger partial charge in [0.1, 0.15) is 5.01 Å². The van der Waals surface area contributed by atoms with Gasteiger partial charge in [-0.2, -0.15) is 0 Å². The molecule has 0 aromatic carbocycles. The van der Waals surface area contributed by atoms with Crippen LogP contribution in [0.4, 0.5) is 0 Å². The number of hydrogen-bond donors (Lipinski definition) is 1. The van der Waals surface area contributed by atoms with Gasteiger partial charge in [-0.3, -0.25) is 4.79 Å². The molecule has 1 amide bonds. The van der Waals surface area contributed by atoms with Crippen LogP contribution >= 0.6 is 34.3 Å². The minimum Gasteiger partial charge on any atom is -0.339 e. The van der Waals surface area contributed by atoms with Crippen molar-refractivity contribution in [3.63, 3.8) is 0 Å². The molecule has 3 heterocycles. The second kappa shape index (κ2) is 8.43. The highest BCUT2D eigenvalue weighted by molar-refractivity contribution is 7.23. The number of nitrogens with one attached hydrogen (secondary N) is 1. The maximum Gasteiger partial charge on any atom is 0.228 e. The van der Waals surface area contributed by atoms with Crippen LogP contribution in [0.25, 0.3) is 9.88 Å². The van der Waals surface area contributed by atoms with Gasteiger partial charge in [0, 0.05) is 18.0 Å². The first-order valence-electron chi connectivity index (χ1n) is 8.37. The topological polar surface area (TPSA) is 45.2 Å². The van der Waals surface area contributed by atoms with Crippen molar-refractivity contribution in [3.05, 3.63) is 27.5 Å². The number of aromatic nitrogens is 1. The average Bonchev–Trinajstić information content (AvgIpc) is 3.22. The Labute approximate surface area is 155 Å². The average molecular weight is 384 g/mol. The Bertz CT molecular complexity index is 679. The molecule has 3 rings (SSSR count). The Morgan fingerprint density at radius 3 is 2.88 bits per heavy atom. The van der Waals surface area contributed by atoms with Gasteiger partial charge in [0.05, 0.1) is 21.3 Å². The Morgan fingerprint density at radius 2 is 2.21 bits per heavy atom. The molecule has 1 saturated heterocycles. The highest BCUT2D eigenvalue weighted by atomic mass is 35.5. The van der Waals surface area contributed by atoms with Crippen LogP contribution in [0, 0.1) is 0 Å². The van der Waals surface area contributed by atoms with E-state index in [4.69, 9.17) is 11.6 Å². The van der Waals surface area contributed by atoms with Gasteiger partial charge >= 0.3 is 0 Å². The van der Waals surface area contributed by atoms with E-state index < -0.39 is 0 Å². The van der Waals surface area contributed by atoms with E-state index in [2.05, 4.69) is 22.1 Å². The zero-order valence-corrected chi connectivity index (χ0v) is 16.1. The van der Waals surface area contributed by atoms with Crippen molar-refractivity contribution in [1.29, 1.82) is 0 Å². The first-order chi connectivity index (χ1) is 11.7. The summed E-state index contributed by atoms with van der Waals surface area (Å²) in [6.07, 6.45) is 3.47. The van der Waals surface area contributed by atoms with Crippen molar-refractivity contribution in [2.45, 2.75) is 38.6 Å². The molecule has 0 unspecified atom stereocenters. The van der Waals surface area contributed by atoms with Crippen LogP contribution in [-0.2, 0) is 11.2 Å². The van der Waals surface area contributed by atoms with Crippen LogP contribution in [0.1, 0.15) is 31.9 Å². The zero-order valence-electron chi connectivity index (χ0n) is 13.8. The lowest BCUT2D eigenvalue weighted by Gasteiger charge is -2.34. The number of thiazole rings is 1. The van der Waals surface area contributed by atoms with Crippen LogP contribution in [0.15, 0.2) is 17.5 Å². The Kier molecular flexibility index (Phi) is 6.27. The predicted octanol–water partition coefficient (Wildman–Crippen LogP) is 4.06. The normalized spacial score (nSPS) is 15.6. The van der Waals surface area contributed by atoms with E-state index in [0.717, 1.165) is 58.8 Å². The summed E-state index contributed by atoms with van der Waals surface area (Å²) >= 11 is 9.09. The van der Waals surface area contributed by atoms with Crippen LogP contribution in [0.5, 0.6) is 0 Å². The number of piperidine rings is 1. The summed E-state index contributed by atoms with van der Waals surface area (Å²) in [6, 6.07) is 4.23. The summed E-state index contributed by atoms with van der Waals surface area (Å²) in [6.45, 7) is 4.96. The molecule has 0 radical (unpaired) electrons. The molecule has 2 aromatic heterocycles. The SMILES string of the molecule is CCCN(C(=O)Cc1csc(-c2ccc(Cl)s2)n1)C1CCNCC1. The van der Waals surface area contributed by atoms with E-state index in [1.807, 2.05) is 17.5 Å². The second-order valence-electron chi connectivity index (χ2n) is 5.99. The molecule has 0 saturated carbocycles. The molecule has 1 aliphatic rings. The number of carbonyl (C=O) groups is 1. The van der Waals surface area contributed by atoms with Gasteiger partial charge in [-0.1, -0.05) is 18.5 Å². The first kappa shape index (κ1) is 17.9. The number of rotatable bonds is 6. The molecule has 7 heteroatoms.